The maximum Gasteiger partial charge on any atom is 0.437 e. The molecule has 23 heavy (non-hydrogen) atoms. The van der Waals surface area contributed by atoms with Gasteiger partial charge in [-0.25, -0.2) is 4.79 Å². The number of esters is 1. The van der Waals surface area contributed by atoms with Crippen LogP contribution in [0.2, 0.25) is 0 Å². The zero-order chi connectivity index (χ0) is 17.3. The summed E-state index contributed by atoms with van der Waals surface area (Å²) < 4.78 is 48.0. The van der Waals surface area contributed by atoms with Crippen LogP contribution < -0.4 is 5.32 Å². The van der Waals surface area contributed by atoms with Gasteiger partial charge >= 0.3 is 12.1 Å². The number of rotatable bonds is 10. The van der Waals surface area contributed by atoms with Crippen molar-refractivity contribution in [3.05, 3.63) is 11.5 Å². The van der Waals surface area contributed by atoms with Crippen molar-refractivity contribution in [3.63, 3.8) is 0 Å². The molecule has 132 valence electrons. The van der Waals surface area contributed by atoms with Crippen molar-refractivity contribution in [2.45, 2.75) is 58.5 Å². The second kappa shape index (κ2) is 9.42. The van der Waals surface area contributed by atoms with Crippen LogP contribution >= 0.6 is 0 Å². The summed E-state index contributed by atoms with van der Waals surface area (Å²) in [5.74, 6) is -2.08. The van der Waals surface area contributed by atoms with Gasteiger partial charge in [-0.05, 0) is 13.3 Å². The third-order valence-electron chi connectivity index (χ3n) is 3.16. The van der Waals surface area contributed by atoms with Crippen molar-refractivity contribution in [3.8, 4) is 0 Å². The summed E-state index contributed by atoms with van der Waals surface area (Å²) in [5.41, 5.74) is -1.36. The molecule has 8 heteroatoms. The minimum atomic E-state index is -4.77. The highest BCUT2D eigenvalue weighted by molar-refractivity contribution is 5.88. The van der Waals surface area contributed by atoms with E-state index in [1.165, 1.54) is 13.3 Å². The van der Waals surface area contributed by atoms with Gasteiger partial charge in [0, 0.05) is 6.54 Å². The fraction of sp³-hybridized carbons (Fsp3) is 0.733. The van der Waals surface area contributed by atoms with E-state index in [2.05, 4.69) is 22.0 Å². The summed E-state index contributed by atoms with van der Waals surface area (Å²) in [6.07, 6.45) is 1.58. The van der Waals surface area contributed by atoms with Crippen molar-refractivity contribution >= 4 is 12.0 Å². The Morgan fingerprint density at radius 3 is 2.43 bits per heavy atom. The van der Waals surface area contributed by atoms with Crippen LogP contribution in [0.1, 0.15) is 68.6 Å². The molecule has 0 aromatic carbocycles. The van der Waals surface area contributed by atoms with Gasteiger partial charge in [0.05, 0.1) is 6.61 Å². The number of nitrogens with one attached hydrogen (secondary N) is 1. The molecule has 0 atom stereocenters. The van der Waals surface area contributed by atoms with E-state index in [9.17, 15) is 18.0 Å². The van der Waals surface area contributed by atoms with Crippen LogP contribution in [0.15, 0.2) is 4.42 Å². The lowest BCUT2D eigenvalue weighted by Gasteiger charge is -2.03. The van der Waals surface area contributed by atoms with Gasteiger partial charge in [-0.2, -0.15) is 18.2 Å². The number of alkyl halides is 3. The highest BCUT2D eigenvalue weighted by Gasteiger charge is 2.41. The molecule has 0 aliphatic carbocycles. The van der Waals surface area contributed by atoms with E-state index in [4.69, 9.17) is 4.42 Å². The number of aromatic nitrogens is 1. The van der Waals surface area contributed by atoms with Gasteiger partial charge in [0.2, 0.25) is 5.76 Å². The van der Waals surface area contributed by atoms with E-state index in [-0.39, 0.29) is 12.6 Å². The molecule has 0 aliphatic heterocycles. The molecule has 1 N–H and O–H groups in total. The van der Waals surface area contributed by atoms with Crippen molar-refractivity contribution in [1.82, 2.24) is 4.98 Å². The van der Waals surface area contributed by atoms with Crippen LogP contribution in [-0.2, 0) is 10.9 Å². The number of hydrogen-bond acceptors (Lipinski definition) is 5. The van der Waals surface area contributed by atoms with Gasteiger partial charge in [-0.3, -0.25) is 0 Å². The van der Waals surface area contributed by atoms with E-state index >= 15 is 0 Å². The molecule has 5 nitrogen and oxygen atoms in total. The van der Waals surface area contributed by atoms with Crippen molar-refractivity contribution in [2.75, 3.05) is 18.5 Å². The number of anilines is 1. The average Bonchev–Trinajstić information content (AvgIpc) is 2.91. The molecule has 0 amide bonds. The van der Waals surface area contributed by atoms with Crippen LogP contribution in [-0.4, -0.2) is 24.1 Å². The summed E-state index contributed by atoms with van der Waals surface area (Å²) in [6.45, 7) is 4.02. The predicted molar refractivity (Wildman–Crippen MR) is 79.3 cm³/mol. The Bertz CT molecular complexity index is 487. The Kier molecular flexibility index (Phi) is 7.91. The van der Waals surface area contributed by atoms with Gasteiger partial charge < -0.3 is 14.5 Å². The minimum Gasteiger partial charge on any atom is -0.460 e. The number of hydrogen-bond donors (Lipinski definition) is 1. The molecule has 1 aromatic rings. The Balaban J connectivity index is 2.58. The first-order valence-corrected chi connectivity index (χ1v) is 7.89. The fourth-order valence-electron chi connectivity index (χ4n) is 2.02. The summed E-state index contributed by atoms with van der Waals surface area (Å²) in [6, 6.07) is -0.311. The summed E-state index contributed by atoms with van der Waals surface area (Å²) in [4.78, 5) is 14.8. The maximum absolute atomic E-state index is 12.9. The number of carbonyl (C=O) groups is 1. The number of carbonyl (C=O) groups excluding carboxylic acids is 1. The van der Waals surface area contributed by atoms with Crippen molar-refractivity contribution < 1.29 is 27.1 Å². The van der Waals surface area contributed by atoms with E-state index in [1.54, 1.807) is 0 Å². The number of halogens is 3. The number of nitrogens with zero attached hydrogens (tertiary/aromatic N) is 1. The normalized spacial score (nSPS) is 11.5. The molecular weight excluding hydrogens is 313 g/mol. The number of unbranched alkanes of at least 4 members (excludes halogenated alkanes) is 5. The van der Waals surface area contributed by atoms with E-state index in [1.807, 2.05) is 0 Å². The van der Waals surface area contributed by atoms with E-state index < -0.39 is 23.6 Å². The number of ether oxygens (including phenoxy) is 1. The standard InChI is InChI=1S/C15H23F3N2O3/c1-3-5-6-7-8-9-10-19-14-20-12(15(16,17)18)11(23-14)13(21)22-4-2/h3-10H2,1-2H3,(H,19,20). The van der Waals surface area contributed by atoms with Gasteiger partial charge in [-0.1, -0.05) is 39.0 Å². The van der Waals surface area contributed by atoms with Crippen LogP contribution in [0.5, 0.6) is 0 Å². The molecule has 1 rings (SSSR count). The lowest BCUT2D eigenvalue weighted by molar-refractivity contribution is -0.141. The van der Waals surface area contributed by atoms with Gasteiger partial charge in [-0.15, -0.1) is 0 Å². The Morgan fingerprint density at radius 1 is 1.17 bits per heavy atom. The Labute approximate surface area is 133 Å². The smallest absolute Gasteiger partial charge is 0.437 e. The first-order chi connectivity index (χ1) is 10.9. The SMILES string of the molecule is CCCCCCCCNc1nc(C(F)(F)F)c(C(=O)OCC)o1. The highest BCUT2D eigenvalue weighted by atomic mass is 19.4. The largest absolute Gasteiger partial charge is 0.460 e. The first-order valence-electron chi connectivity index (χ1n) is 7.89. The third-order valence-corrected chi connectivity index (χ3v) is 3.16. The van der Waals surface area contributed by atoms with Gasteiger partial charge in [0.15, 0.2) is 5.69 Å². The minimum absolute atomic E-state index is 0.0443. The molecule has 0 saturated carbocycles. The first kappa shape index (κ1) is 19.3. The van der Waals surface area contributed by atoms with Crippen molar-refractivity contribution in [1.29, 1.82) is 0 Å². The molecule has 1 heterocycles. The van der Waals surface area contributed by atoms with Gasteiger partial charge in [0.1, 0.15) is 0 Å². The van der Waals surface area contributed by atoms with Crippen molar-refractivity contribution in [2.24, 2.45) is 0 Å². The van der Waals surface area contributed by atoms with Crippen LogP contribution in [0, 0.1) is 0 Å². The van der Waals surface area contributed by atoms with Crippen LogP contribution in [0.3, 0.4) is 0 Å². The Hall–Kier alpha value is -1.73. The number of oxazole rings is 1. The molecule has 0 bridgehead atoms. The van der Waals surface area contributed by atoms with E-state index in [0.29, 0.717) is 6.54 Å². The fourth-order valence-corrected chi connectivity index (χ4v) is 2.02. The second-order valence-corrected chi connectivity index (χ2v) is 5.11. The second-order valence-electron chi connectivity index (χ2n) is 5.11. The molecule has 0 radical (unpaired) electrons. The summed E-state index contributed by atoms with van der Waals surface area (Å²) in [5, 5.41) is 2.68. The average molecular weight is 336 g/mol. The third kappa shape index (κ3) is 6.50. The predicted octanol–water partition coefficient (Wildman–Crippen LogP) is 4.64. The maximum atomic E-state index is 12.9. The zero-order valence-electron chi connectivity index (χ0n) is 13.5. The van der Waals surface area contributed by atoms with Crippen LogP contribution in [0.4, 0.5) is 19.2 Å². The molecule has 0 fully saturated rings. The Morgan fingerprint density at radius 2 is 1.83 bits per heavy atom. The lowest BCUT2D eigenvalue weighted by Crippen LogP contribution is -2.14. The molecule has 0 spiro atoms. The molecule has 0 aliphatic rings. The molecule has 0 saturated heterocycles. The molecule has 1 aromatic heterocycles. The van der Waals surface area contributed by atoms with E-state index in [0.717, 1.165) is 32.1 Å². The molecular formula is C15H23F3N2O3. The molecule has 0 unspecified atom stereocenters. The zero-order valence-corrected chi connectivity index (χ0v) is 13.5. The van der Waals surface area contributed by atoms with Crippen LogP contribution in [0.25, 0.3) is 0 Å². The monoisotopic (exact) mass is 336 g/mol. The summed E-state index contributed by atoms with van der Waals surface area (Å²) >= 11 is 0. The van der Waals surface area contributed by atoms with Gasteiger partial charge in [0.25, 0.3) is 6.01 Å². The quantitative estimate of drug-likeness (QED) is 0.498. The summed E-state index contributed by atoms with van der Waals surface area (Å²) in [7, 11) is 0. The highest BCUT2D eigenvalue weighted by Crippen LogP contribution is 2.33. The lowest BCUT2D eigenvalue weighted by atomic mass is 10.1. The topological polar surface area (TPSA) is 64.4 Å².